The lowest BCUT2D eigenvalue weighted by atomic mass is 10.1. The van der Waals surface area contributed by atoms with Crippen LogP contribution in [0.4, 0.5) is 0 Å². The Kier molecular flexibility index (Phi) is 8.10. The summed E-state index contributed by atoms with van der Waals surface area (Å²) >= 11 is 0. The number of benzene rings is 2. The van der Waals surface area contributed by atoms with E-state index in [1.165, 1.54) is 0 Å². The van der Waals surface area contributed by atoms with Crippen molar-refractivity contribution in [3.63, 3.8) is 0 Å². The van der Waals surface area contributed by atoms with Gasteiger partial charge in [-0.2, -0.15) is 0 Å². The second-order valence-electron chi connectivity index (χ2n) is 6.74. The average molecular weight is 459 g/mol. The minimum absolute atomic E-state index is 0.512. The third-order valence-corrected chi connectivity index (χ3v) is 4.75. The monoisotopic (exact) mass is 459 g/mol. The third kappa shape index (κ3) is 5.46. The standard InChI is InChI=1S/C27H25NO6/c1-29-22-14-18(15-23(30-2)26(22)33-5)10-12-20-8-7-9-21(28-20)13-11-19-16-24(31-3)27(34-6)25(17-19)32-4/h7-9,14-17H,1-6H3. The first-order chi connectivity index (χ1) is 16.6. The summed E-state index contributed by atoms with van der Waals surface area (Å²) in [4.78, 5) is 4.52. The van der Waals surface area contributed by atoms with Gasteiger partial charge in [0.15, 0.2) is 23.0 Å². The van der Waals surface area contributed by atoms with Crippen molar-refractivity contribution in [1.29, 1.82) is 0 Å². The SMILES string of the molecule is COc1cc(C#Cc2cccc(C#Cc3cc(OC)c(OC)c(OC)c3)n2)cc(OC)c1OC. The topological polar surface area (TPSA) is 68.3 Å². The maximum atomic E-state index is 5.38. The van der Waals surface area contributed by atoms with Crippen LogP contribution in [0, 0.1) is 23.7 Å². The molecule has 0 radical (unpaired) electrons. The van der Waals surface area contributed by atoms with E-state index in [0.717, 1.165) is 0 Å². The predicted molar refractivity (Wildman–Crippen MR) is 128 cm³/mol. The maximum Gasteiger partial charge on any atom is 0.203 e. The van der Waals surface area contributed by atoms with Crippen LogP contribution in [0.1, 0.15) is 22.5 Å². The molecule has 0 spiro atoms. The molecular formula is C27H25NO6. The first kappa shape index (κ1) is 24.2. The van der Waals surface area contributed by atoms with Crippen LogP contribution >= 0.6 is 0 Å². The Hall–Kier alpha value is -4.49. The van der Waals surface area contributed by atoms with Gasteiger partial charge in [-0.05, 0) is 48.2 Å². The molecule has 7 heteroatoms. The fourth-order valence-electron chi connectivity index (χ4n) is 3.15. The fourth-order valence-corrected chi connectivity index (χ4v) is 3.15. The lowest BCUT2D eigenvalue weighted by Crippen LogP contribution is -1.96. The van der Waals surface area contributed by atoms with Crippen LogP contribution in [0.5, 0.6) is 34.5 Å². The van der Waals surface area contributed by atoms with Crippen molar-refractivity contribution in [2.24, 2.45) is 0 Å². The zero-order valence-corrected chi connectivity index (χ0v) is 19.9. The molecule has 0 aliphatic heterocycles. The van der Waals surface area contributed by atoms with Crippen molar-refractivity contribution >= 4 is 0 Å². The Morgan fingerprint density at radius 1 is 0.500 bits per heavy atom. The molecule has 0 bridgehead atoms. The minimum Gasteiger partial charge on any atom is -0.493 e. The van der Waals surface area contributed by atoms with Gasteiger partial charge in [0.25, 0.3) is 0 Å². The molecule has 3 aromatic rings. The second-order valence-corrected chi connectivity index (χ2v) is 6.74. The fraction of sp³-hybridized carbons (Fsp3) is 0.222. The van der Waals surface area contributed by atoms with Gasteiger partial charge in [0.2, 0.25) is 11.5 Å². The number of rotatable bonds is 6. The van der Waals surface area contributed by atoms with Crippen molar-refractivity contribution in [2.45, 2.75) is 0 Å². The molecule has 34 heavy (non-hydrogen) atoms. The zero-order chi connectivity index (χ0) is 24.5. The number of aromatic nitrogens is 1. The van der Waals surface area contributed by atoms with Crippen LogP contribution in [0.25, 0.3) is 0 Å². The molecule has 3 rings (SSSR count). The van der Waals surface area contributed by atoms with E-state index in [4.69, 9.17) is 28.4 Å². The summed E-state index contributed by atoms with van der Waals surface area (Å²) in [5.74, 6) is 15.4. The Morgan fingerprint density at radius 2 is 0.853 bits per heavy atom. The minimum atomic E-state index is 0.512. The van der Waals surface area contributed by atoms with Crippen LogP contribution in [0.3, 0.4) is 0 Å². The highest BCUT2D eigenvalue weighted by Crippen LogP contribution is 2.38. The molecule has 0 atom stereocenters. The smallest absolute Gasteiger partial charge is 0.203 e. The summed E-state index contributed by atoms with van der Waals surface area (Å²) in [5, 5.41) is 0. The van der Waals surface area contributed by atoms with E-state index in [1.807, 2.05) is 18.2 Å². The Bertz CT molecular complexity index is 1150. The van der Waals surface area contributed by atoms with Crippen LogP contribution in [0.15, 0.2) is 42.5 Å². The van der Waals surface area contributed by atoms with Gasteiger partial charge >= 0.3 is 0 Å². The van der Waals surface area contributed by atoms with Crippen LogP contribution in [-0.2, 0) is 0 Å². The highest BCUT2D eigenvalue weighted by molar-refractivity contribution is 5.59. The molecule has 1 aromatic heterocycles. The van der Waals surface area contributed by atoms with Crippen LogP contribution in [-0.4, -0.2) is 47.6 Å². The van der Waals surface area contributed by atoms with Gasteiger partial charge in [-0.15, -0.1) is 0 Å². The zero-order valence-electron chi connectivity index (χ0n) is 19.9. The van der Waals surface area contributed by atoms with Gasteiger partial charge in [-0.25, -0.2) is 4.98 Å². The lowest BCUT2D eigenvalue weighted by Gasteiger charge is -2.12. The highest BCUT2D eigenvalue weighted by atomic mass is 16.5. The van der Waals surface area contributed by atoms with E-state index < -0.39 is 0 Å². The Labute approximate surface area is 199 Å². The number of hydrogen-bond acceptors (Lipinski definition) is 7. The molecule has 7 nitrogen and oxygen atoms in total. The predicted octanol–water partition coefficient (Wildman–Crippen LogP) is 3.93. The molecule has 174 valence electrons. The number of nitrogens with zero attached hydrogens (tertiary/aromatic N) is 1. The molecule has 0 N–H and O–H groups in total. The largest absolute Gasteiger partial charge is 0.493 e. The summed E-state index contributed by atoms with van der Waals surface area (Å²) in [7, 11) is 9.36. The van der Waals surface area contributed by atoms with E-state index in [9.17, 15) is 0 Å². The molecule has 0 saturated heterocycles. The van der Waals surface area contributed by atoms with Gasteiger partial charge in [-0.1, -0.05) is 17.9 Å². The quantitative estimate of drug-likeness (QED) is 0.518. The summed E-state index contributed by atoms with van der Waals surface area (Å²) in [6.45, 7) is 0. The molecule has 2 aromatic carbocycles. The molecule has 0 saturated carbocycles. The molecule has 0 fully saturated rings. The van der Waals surface area contributed by atoms with Crippen LogP contribution < -0.4 is 28.4 Å². The molecular weight excluding hydrogens is 434 g/mol. The summed E-state index contributed by atoms with van der Waals surface area (Å²) < 4.78 is 32.2. The van der Waals surface area contributed by atoms with E-state index >= 15 is 0 Å². The van der Waals surface area contributed by atoms with Crippen LogP contribution in [0.2, 0.25) is 0 Å². The maximum absolute atomic E-state index is 5.38. The average Bonchev–Trinajstić information content (AvgIpc) is 2.89. The van der Waals surface area contributed by atoms with E-state index in [-0.39, 0.29) is 0 Å². The number of pyridine rings is 1. The first-order valence-corrected chi connectivity index (χ1v) is 10.2. The van der Waals surface area contributed by atoms with Crippen molar-refractivity contribution in [2.75, 3.05) is 42.7 Å². The molecule has 0 aliphatic rings. The summed E-state index contributed by atoms with van der Waals surface area (Å²) in [5.41, 5.74) is 2.55. The molecule has 0 aliphatic carbocycles. The Balaban J connectivity index is 1.91. The van der Waals surface area contributed by atoms with E-state index in [2.05, 4.69) is 28.7 Å². The third-order valence-electron chi connectivity index (χ3n) is 4.75. The normalized spacial score (nSPS) is 9.59. The second kappa shape index (κ2) is 11.4. The number of methoxy groups -OCH3 is 6. The van der Waals surface area contributed by atoms with Gasteiger partial charge in [0, 0.05) is 11.1 Å². The molecule has 0 amide bonds. The van der Waals surface area contributed by atoms with E-state index in [0.29, 0.717) is 57.0 Å². The number of ether oxygens (including phenoxy) is 6. The van der Waals surface area contributed by atoms with Gasteiger partial charge in [0.05, 0.1) is 42.7 Å². The Morgan fingerprint density at radius 3 is 1.15 bits per heavy atom. The van der Waals surface area contributed by atoms with E-state index in [1.54, 1.807) is 66.9 Å². The van der Waals surface area contributed by atoms with Crippen molar-refractivity contribution in [3.8, 4) is 58.2 Å². The molecule has 0 unspecified atom stereocenters. The van der Waals surface area contributed by atoms with Gasteiger partial charge < -0.3 is 28.4 Å². The summed E-state index contributed by atoms with van der Waals surface area (Å²) in [6.07, 6.45) is 0. The first-order valence-electron chi connectivity index (χ1n) is 10.2. The van der Waals surface area contributed by atoms with Gasteiger partial charge in [0.1, 0.15) is 11.4 Å². The van der Waals surface area contributed by atoms with Crippen molar-refractivity contribution in [1.82, 2.24) is 4.98 Å². The van der Waals surface area contributed by atoms with Crippen molar-refractivity contribution in [3.05, 3.63) is 65.0 Å². The lowest BCUT2D eigenvalue weighted by molar-refractivity contribution is 0.324. The number of hydrogen-bond donors (Lipinski definition) is 0. The highest BCUT2D eigenvalue weighted by Gasteiger charge is 2.13. The van der Waals surface area contributed by atoms with Gasteiger partial charge in [-0.3, -0.25) is 0 Å². The summed E-state index contributed by atoms with van der Waals surface area (Å²) in [6, 6.07) is 12.6. The van der Waals surface area contributed by atoms with Crippen molar-refractivity contribution < 1.29 is 28.4 Å². The molecule has 1 heterocycles.